The number of benzene rings is 1. The van der Waals surface area contributed by atoms with Crippen molar-refractivity contribution in [1.29, 1.82) is 0 Å². The Kier molecular flexibility index (Phi) is 4.50. The van der Waals surface area contributed by atoms with Gasteiger partial charge in [0.05, 0.1) is 10.5 Å². The van der Waals surface area contributed by atoms with Crippen LogP contribution in [0.15, 0.2) is 24.3 Å². The van der Waals surface area contributed by atoms with Crippen molar-refractivity contribution in [2.45, 2.75) is 31.8 Å². The molecule has 0 spiro atoms. The fraction of sp³-hybridized carbons (Fsp3) is 0.571. The van der Waals surface area contributed by atoms with E-state index in [1.807, 2.05) is 12.1 Å². The summed E-state index contributed by atoms with van der Waals surface area (Å²) < 4.78 is 5.70. The van der Waals surface area contributed by atoms with Crippen LogP contribution in [0.3, 0.4) is 0 Å². The Balaban J connectivity index is 1.72. The second kappa shape index (κ2) is 6.12. The molecule has 0 amide bonds. The van der Waals surface area contributed by atoms with Gasteiger partial charge in [0.1, 0.15) is 0 Å². The molecule has 1 aliphatic heterocycles. The summed E-state index contributed by atoms with van der Waals surface area (Å²) in [6.45, 7) is 4.72. The summed E-state index contributed by atoms with van der Waals surface area (Å²) in [6, 6.07) is 6.73. The van der Waals surface area contributed by atoms with Gasteiger partial charge in [-0.15, -0.1) is 0 Å². The molecule has 1 unspecified atom stereocenters. The molecule has 5 nitrogen and oxygen atoms in total. The predicted octanol–water partition coefficient (Wildman–Crippen LogP) is 2.30. The minimum atomic E-state index is -0.375. The summed E-state index contributed by atoms with van der Waals surface area (Å²) in [5, 5.41) is 13.9. The van der Waals surface area contributed by atoms with Crippen LogP contribution in [0.2, 0.25) is 0 Å². The first-order valence-electron chi connectivity index (χ1n) is 6.67. The first-order valence-corrected chi connectivity index (χ1v) is 6.67. The lowest BCUT2D eigenvalue weighted by Gasteiger charge is -2.23. The van der Waals surface area contributed by atoms with Crippen molar-refractivity contribution in [3.63, 3.8) is 0 Å². The van der Waals surface area contributed by atoms with Gasteiger partial charge in [-0.1, -0.05) is 12.1 Å². The van der Waals surface area contributed by atoms with E-state index in [-0.39, 0.29) is 16.2 Å². The Labute approximate surface area is 113 Å². The molecule has 1 aromatic carbocycles. The van der Waals surface area contributed by atoms with Crippen molar-refractivity contribution in [1.82, 2.24) is 5.32 Å². The molecule has 104 valence electrons. The molecule has 1 aliphatic rings. The summed E-state index contributed by atoms with van der Waals surface area (Å²) in [5.41, 5.74) is 1.23. The molecular weight excluding hydrogens is 244 g/mol. The van der Waals surface area contributed by atoms with E-state index in [0.717, 1.165) is 44.5 Å². The van der Waals surface area contributed by atoms with Crippen molar-refractivity contribution in [3.05, 3.63) is 39.9 Å². The van der Waals surface area contributed by atoms with Gasteiger partial charge in [0.15, 0.2) is 0 Å². The Morgan fingerprint density at radius 1 is 1.42 bits per heavy atom. The number of nitro benzene ring substituents is 1. The van der Waals surface area contributed by atoms with Crippen molar-refractivity contribution in [2.75, 3.05) is 19.7 Å². The zero-order valence-electron chi connectivity index (χ0n) is 11.2. The monoisotopic (exact) mass is 264 g/mol. The van der Waals surface area contributed by atoms with Crippen LogP contribution in [0.25, 0.3) is 0 Å². The summed E-state index contributed by atoms with van der Waals surface area (Å²) in [5.74, 6) is 0. The summed E-state index contributed by atoms with van der Waals surface area (Å²) >= 11 is 0. The fourth-order valence-electron chi connectivity index (χ4n) is 2.35. The maximum Gasteiger partial charge on any atom is 0.269 e. The minimum absolute atomic E-state index is 0.0184. The smallest absolute Gasteiger partial charge is 0.269 e. The standard InChI is InChI=1S/C14H20N2O3/c1-14(8-2-10-19-14)11-15-9-7-12-3-5-13(6-4-12)16(17)18/h3-6,15H,2,7-11H2,1H3. The van der Waals surface area contributed by atoms with Crippen LogP contribution in [-0.4, -0.2) is 30.2 Å². The number of ether oxygens (including phenoxy) is 1. The molecule has 0 saturated carbocycles. The number of rotatable bonds is 6. The van der Waals surface area contributed by atoms with E-state index in [1.165, 1.54) is 0 Å². The van der Waals surface area contributed by atoms with Crippen LogP contribution in [-0.2, 0) is 11.2 Å². The quantitative estimate of drug-likeness (QED) is 0.486. The van der Waals surface area contributed by atoms with Gasteiger partial charge in [-0.25, -0.2) is 0 Å². The normalized spacial score (nSPS) is 22.6. The van der Waals surface area contributed by atoms with Crippen LogP contribution in [0.5, 0.6) is 0 Å². The molecular formula is C14H20N2O3. The molecule has 5 heteroatoms. The molecule has 1 saturated heterocycles. The highest BCUT2D eigenvalue weighted by atomic mass is 16.6. The minimum Gasteiger partial charge on any atom is -0.374 e. The lowest BCUT2D eigenvalue weighted by Crippen LogP contribution is -2.37. The third-order valence-corrected chi connectivity index (χ3v) is 3.54. The summed E-state index contributed by atoms with van der Waals surface area (Å²) in [7, 11) is 0. The van der Waals surface area contributed by atoms with Gasteiger partial charge in [0.25, 0.3) is 5.69 Å². The van der Waals surface area contributed by atoms with Crippen molar-refractivity contribution >= 4 is 5.69 Å². The third kappa shape index (κ3) is 4.01. The lowest BCUT2D eigenvalue weighted by atomic mass is 10.0. The van der Waals surface area contributed by atoms with E-state index in [1.54, 1.807) is 12.1 Å². The summed E-state index contributed by atoms with van der Waals surface area (Å²) in [4.78, 5) is 10.2. The topological polar surface area (TPSA) is 64.4 Å². The van der Waals surface area contributed by atoms with E-state index in [4.69, 9.17) is 4.74 Å². The number of nitrogens with one attached hydrogen (secondary N) is 1. The zero-order valence-corrected chi connectivity index (χ0v) is 11.2. The van der Waals surface area contributed by atoms with Crippen molar-refractivity contribution in [2.24, 2.45) is 0 Å². The average molecular weight is 264 g/mol. The van der Waals surface area contributed by atoms with Gasteiger partial charge in [-0.3, -0.25) is 10.1 Å². The van der Waals surface area contributed by atoms with Crippen LogP contribution < -0.4 is 5.32 Å². The van der Waals surface area contributed by atoms with Crippen LogP contribution in [0.4, 0.5) is 5.69 Å². The van der Waals surface area contributed by atoms with Crippen molar-refractivity contribution in [3.8, 4) is 0 Å². The van der Waals surface area contributed by atoms with E-state index in [0.29, 0.717) is 0 Å². The van der Waals surface area contributed by atoms with Gasteiger partial charge in [0, 0.05) is 25.3 Å². The molecule has 1 fully saturated rings. The Bertz CT molecular complexity index is 425. The lowest BCUT2D eigenvalue weighted by molar-refractivity contribution is -0.384. The summed E-state index contributed by atoms with van der Waals surface area (Å²) in [6.07, 6.45) is 3.12. The van der Waals surface area contributed by atoms with Gasteiger partial charge in [0.2, 0.25) is 0 Å². The molecule has 2 rings (SSSR count). The van der Waals surface area contributed by atoms with E-state index in [9.17, 15) is 10.1 Å². The molecule has 0 bridgehead atoms. The van der Waals surface area contributed by atoms with E-state index in [2.05, 4.69) is 12.2 Å². The van der Waals surface area contributed by atoms with Crippen LogP contribution in [0.1, 0.15) is 25.3 Å². The zero-order chi connectivity index (χ0) is 13.7. The van der Waals surface area contributed by atoms with Gasteiger partial charge in [-0.2, -0.15) is 0 Å². The van der Waals surface area contributed by atoms with Gasteiger partial charge in [-0.05, 0) is 38.3 Å². The molecule has 1 aromatic rings. The van der Waals surface area contributed by atoms with Crippen molar-refractivity contribution < 1.29 is 9.66 Å². The first-order chi connectivity index (χ1) is 9.09. The second-order valence-electron chi connectivity index (χ2n) is 5.25. The number of non-ortho nitro benzene ring substituents is 1. The molecule has 0 aliphatic carbocycles. The average Bonchev–Trinajstić information content (AvgIpc) is 2.83. The SMILES string of the molecule is CC1(CNCCc2ccc([N+](=O)[O-])cc2)CCCO1. The Morgan fingerprint density at radius 3 is 2.74 bits per heavy atom. The molecule has 0 radical (unpaired) electrons. The van der Waals surface area contributed by atoms with Crippen LogP contribution >= 0.6 is 0 Å². The number of nitrogens with zero attached hydrogens (tertiary/aromatic N) is 1. The molecule has 19 heavy (non-hydrogen) atoms. The highest BCUT2D eigenvalue weighted by Crippen LogP contribution is 2.23. The highest BCUT2D eigenvalue weighted by Gasteiger charge is 2.28. The van der Waals surface area contributed by atoms with Gasteiger partial charge >= 0.3 is 0 Å². The maximum atomic E-state index is 10.5. The van der Waals surface area contributed by atoms with E-state index >= 15 is 0 Å². The third-order valence-electron chi connectivity index (χ3n) is 3.54. The van der Waals surface area contributed by atoms with Gasteiger partial charge < -0.3 is 10.1 Å². The van der Waals surface area contributed by atoms with Crippen LogP contribution in [0, 0.1) is 10.1 Å². The highest BCUT2D eigenvalue weighted by molar-refractivity contribution is 5.32. The molecule has 1 atom stereocenters. The molecule has 1 N–H and O–H groups in total. The first kappa shape index (κ1) is 14.0. The number of hydrogen-bond donors (Lipinski definition) is 1. The maximum absolute atomic E-state index is 10.5. The Hall–Kier alpha value is -1.46. The number of nitro groups is 1. The number of hydrogen-bond acceptors (Lipinski definition) is 4. The Morgan fingerprint density at radius 2 is 2.16 bits per heavy atom. The fourth-order valence-corrected chi connectivity index (χ4v) is 2.35. The predicted molar refractivity (Wildman–Crippen MR) is 73.3 cm³/mol. The largest absolute Gasteiger partial charge is 0.374 e. The second-order valence-corrected chi connectivity index (χ2v) is 5.25. The molecule has 0 aromatic heterocycles. The molecule has 1 heterocycles. The van der Waals surface area contributed by atoms with E-state index < -0.39 is 0 Å².